The fourth-order valence-corrected chi connectivity index (χ4v) is 2.30. The number of nitrogens with one attached hydrogen (secondary N) is 1. The van der Waals surface area contributed by atoms with Gasteiger partial charge in [0, 0.05) is 11.6 Å². The van der Waals surface area contributed by atoms with E-state index in [1.165, 1.54) is 18.2 Å². The summed E-state index contributed by atoms with van der Waals surface area (Å²) in [4.78, 5) is 23.7. The SMILES string of the molecule is C=CCN(CC(=O)O)C(=O)Nc1c(Cl)cc(Cl)cc1Cl. The number of aliphatic carboxylic acids is 1. The number of halogens is 3. The highest BCUT2D eigenvalue weighted by atomic mass is 35.5. The number of urea groups is 1. The zero-order valence-corrected chi connectivity index (χ0v) is 12.5. The molecule has 0 bridgehead atoms. The minimum absolute atomic E-state index is 0.0704. The molecule has 2 amide bonds. The number of carbonyl (C=O) groups is 2. The van der Waals surface area contributed by atoms with Crippen molar-refractivity contribution in [2.45, 2.75) is 0 Å². The molecule has 8 heteroatoms. The molecule has 0 aliphatic rings. The molecule has 108 valence electrons. The predicted octanol–water partition coefficient (Wildman–Crippen LogP) is 3.75. The maximum absolute atomic E-state index is 12.0. The fourth-order valence-electron chi connectivity index (χ4n) is 1.39. The average molecular weight is 338 g/mol. The van der Waals surface area contributed by atoms with Gasteiger partial charge in [-0.05, 0) is 12.1 Å². The molecule has 1 aromatic carbocycles. The predicted molar refractivity (Wildman–Crippen MR) is 79.9 cm³/mol. The summed E-state index contributed by atoms with van der Waals surface area (Å²) in [5.41, 5.74) is 0.169. The lowest BCUT2D eigenvalue weighted by Crippen LogP contribution is -2.38. The maximum Gasteiger partial charge on any atom is 0.323 e. The highest BCUT2D eigenvalue weighted by molar-refractivity contribution is 6.42. The van der Waals surface area contributed by atoms with E-state index in [0.717, 1.165) is 4.90 Å². The number of carbonyl (C=O) groups excluding carboxylic acids is 1. The van der Waals surface area contributed by atoms with Crippen molar-refractivity contribution < 1.29 is 14.7 Å². The first-order chi connectivity index (χ1) is 9.35. The van der Waals surface area contributed by atoms with Gasteiger partial charge in [-0.25, -0.2) is 4.79 Å². The summed E-state index contributed by atoms with van der Waals surface area (Å²) >= 11 is 17.6. The van der Waals surface area contributed by atoms with Crippen LogP contribution in [0.4, 0.5) is 10.5 Å². The van der Waals surface area contributed by atoms with Crippen molar-refractivity contribution in [3.05, 3.63) is 39.9 Å². The highest BCUT2D eigenvalue weighted by Crippen LogP contribution is 2.33. The van der Waals surface area contributed by atoms with Crippen LogP contribution in [0, 0.1) is 0 Å². The largest absolute Gasteiger partial charge is 0.480 e. The molecule has 0 atom stereocenters. The molecule has 5 nitrogen and oxygen atoms in total. The van der Waals surface area contributed by atoms with Gasteiger partial charge in [0.15, 0.2) is 0 Å². The van der Waals surface area contributed by atoms with E-state index in [-0.39, 0.29) is 22.3 Å². The molecule has 0 aliphatic heterocycles. The quantitative estimate of drug-likeness (QED) is 0.804. The number of benzene rings is 1. The van der Waals surface area contributed by atoms with Crippen LogP contribution in [0.1, 0.15) is 0 Å². The van der Waals surface area contributed by atoms with Gasteiger partial charge in [0.25, 0.3) is 0 Å². The molecule has 1 rings (SSSR count). The molecular formula is C12H11Cl3N2O3. The Bertz CT molecular complexity index is 526. The van der Waals surface area contributed by atoms with E-state index in [2.05, 4.69) is 11.9 Å². The Morgan fingerprint density at radius 3 is 2.30 bits per heavy atom. The van der Waals surface area contributed by atoms with E-state index in [0.29, 0.717) is 5.02 Å². The second-order valence-electron chi connectivity index (χ2n) is 3.74. The number of carboxylic acid groups (broad SMARTS) is 1. The topological polar surface area (TPSA) is 69.6 Å². The van der Waals surface area contributed by atoms with Crippen LogP contribution < -0.4 is 5.32 Å². The summed E-state index contributed by atoms with van der Waals surface area (Å²) in [5.74, 6) is -1.14. The zero-order chi connectivity index (χ0) is 15.3. The summed E-state index contributed by atoms with van der Waals surface area (Å²) in [7, 11) is 0. The second-order valence-corrected chi connectivity index (χ2v) is 4.99. The van der Waals surface area contributed by atoms with E-state index >= 15 is 0 Å². The Morgan fingerprint density at radius 1 is 1.30 bits per heavy atom. The van der Waals surface area contributed by atoms with Crippen LogP contribution in [-0.2, 0) is 4.79 Å². The van der Waals surface area contributed by atoms with Gasteiger partial charge in [-0.1, -0.05) is 40.9 Å². The third kappa shape index (κ3) is 4.59. The number of hydrogen-bond donors (Lipinski definition) is 2. The van der Waals surface area contributed by atoms with Crippen molar-refractivity contribution in [3.63, 3.8) is 0 Å². The smallest absolute Gasteiger partial charge is 0.323 e. The Hall–Kier alpha value is -1.43. The molecule has 0 saturated carbocycles. The third-order valence-corrected chi connectivity index (χ3v) is 3.02. The van der Waals surface area contributed by atoms with Crippen LogP contribution in [0.25, 0.3) is 0 Å². The Balaban J connectivity index is 2.93. The van der Waals surface area contributed by atoms with Crippen molar-refractivity contribution in [2.24, 2.45) is 0 Å². The molecule has 0 radical (unpaired) electrons. The van der Waals surface area contributed by atoms with Gasteiger partial charge in [-0.3, -0.25) is 4.79 Å². The lowest BCUT2D eigenvalue weighted by molar-refractivity contribution is -0.137. The van der Waals surface area contributed by atoms with Crippen molar-refractivity contribution in [3.8, 4) is 0 Å². The van der Waals surface area contributed by atoms with Gasteiger partial charge in [0.05, 0.1) is 15.7 Å². The molecule has 0 aliphatic carbocycles. The Labute approximate surface area is 130 Å². The summed E-state index contributed by atoms with van der Waals surface area (Å²) in [5, 5.41) is 11.8. The Kier molecular flexibility index (Phi) is 6.13. The van der Waals surface area contributed by atoms with E-state index in [4.69, 9.17) is 39.9 Å². The van der Waals surface area contributed by atoms with Crippen LogP contribution in [-0.4, -0.2) is 35.1 Å². The first-order valence-electron chi connectivity index (χ1n) is 5.38. The van der Waals surface area contributed by atoms with Crippen molar-refractivity contribution in [1.82, 2.24) is 4.90 Å². The lowest BCUT2D eigenvalue weighted by atomic mass is 10.3. The maximum atomic E-state index is 12.0. The molecule has 0 heterocycles. The molecule has 2 N–H and O–H groups in total. The zero-order valence-electron chi connectivity index (χ0n) is 10.2. The second kappa shape index (κ2) is 7.38. The van der Waals surface area contributed by atoms with Crippen LogP contribution in [0.2, 0.25) is 15.1 Å². The van der Waals surface area contributed by atoms with Gasteiger partial charge in [0.2, 0.25) is 0 Å². The van der Waals surface area contributed by atoms with Crippen LogP contribution in [0.15, 0.2) is 24.8 Å². The van der Waals surface area contributed by atoms with Crippen LogP contribution >= 0.6 is 34.8 Å². The van der Waals surface area contributed by atoms with E-state index in [1.807, 2.05) is 0 Å². The van der Waals surface area contributed by atoms with Gasteiger partial charge in [-0.2, -0.15) is 0 Å². The number of anilines is 1. The van der Waals surface area contributed by atoms with Crippen LogP contribution in [0.5, 0.6) is 0 Å². The standard InChI is InChI=1S/C12H11Cl3N2O3/c1-2-3-17(6-10(18)19)12(20)16-11-8(14)4-7(13)5-9(11)15/h2,4-5H,1,3,6H2,(H,16,20)(H,18,19). The van der Waals surface area contributed by atoms with Crippen molar-refractivity contribution in [1.29, 1.82) is 0 Å². The highest BCUT2D eigenvalue weighted by Gasteiger charge is 2.18. The Morgan fingerprint density at radius 2 is 1.85 bits per heavy atom. The molecule has 1 aromatic rings. The first-order valence-corrected chi connectivity index (χ1v) is 6.51. The molecule has 0 aromatic heterocycles. The minimum Gasteiger partial charge on any atom is -0.480 e. The van der Waals surface area contributed by atoms with E-state index < -0.39 is 18.5 Å². The third-order valence-electron chi connectivity index (χ3n) is 2.20. The van der Waals surface area contributed by atoms with Gasteiger partial charge in [-0.15, -0.1) is 6.58 Å². The molecule has 0 fully saturated rings. The summed E-state index contributed by atoms with van der Waals surface area (Å²) in [6, 6.07) is 2.18. The summed E-state index contributed by atoms with van der Waals surface area (Å²) < 4.78 is 0. The van der Waals surface area contributed by atoms with Crippen molar-refractivity contribution in [2.75, 3.05) is 18.4 Å². The average Bonchev–Trinajstić information content (AvgIpc) is 2.32. The van der Waals surface area contributed by atoms with E-state index in [1.54, 1.807) is 0 Å². The molecule has 20 heavy (non-hydrogen) atoms. The van der Waals surface area contributed by atoms with Crippen LogP contribution in [0.3, 0.4) is 0 Å². The number of amides is 2. The monoisotopic (exact) mass is 336 g/mol. The minimum atomic E-state index is -1.14. The molecular weight excluding hydrogens is 327 g/mol. The molecule has 0 unspecified atom stereocenters. The normalized spacial score (nSPS) is 9.95. The number of nitrogens with zero attached hydrogens (tertiary/aromatic N) is 1. The number of carboxylic acids is 1. The van der Waals surface area contributed by atoms with Gasteiger partial charge >= 0.3 is 12.0 Å². The number of rotatable bonds is 5. The molecule has 0 spiro atoms. The molecule has 0 saturated heterocycles. The fraction of sp³-hybridized carbons (Fsp3) is 0.167. The summed E-state index contributed by atoms with van der Waals surface area (Å²) in [6.45, 7) is 3.06. The lowest BCUT2D eigenvalue weighted by Gasteiger charge is -2.20. The first kappa shape index (κ1) is 16.6. The summed E-state index contributed by atoms with van der Waals surface area (Å²) in [6.07, 6.45) is 1.41. The van der Waals surface area contributed by atoms with Gasteiger partial charge < -0.3 is 15.3 Å². The van der Waals surface area contributed by atoms with Crippen molar-refractivity contribution >= 4 is 52.5 Å². The van der Waals surface area contributed by atoms with Gasteiger partial charge in [0.1, 0.15) is 6.54 Å². The van der Waals surface area contributed by atoms with E-state index in [9.17, 15) is 9.59 Å². The number of hydrogen-bond acceptors (Lipinski definition) is 2.